The van der Waals surface area contributed by atoms with Crippen LogP contribution in [0.5, 0.6) is 5.75 Å². The normalized spacial score (nSPS) is 15.2. The van der Waals surface area contributed by atoms with Crippen molar-refractivity contribution in [2.75, 3.05) is 27.2 Å². The molecular weight excluding hydrogens is 463 g/mol. The van der Waals surface area contributed by atoms with E-state index in [1.807, 2.05) is 25.2 Å². The van der Waals surface area contributed by atoms with Gasteiger partial charge in [-0.2, -0.15) is 0 Å². The maximum absolute atomic E-state index is 5.28. The summed E-state index contributed by atoms with van der Waals surface area (Å²) in [4.78, 5) is 6.88. The Bertz CT molecular complexity index is 781. The fourth-order valence-corrected chi connectivity index (χ4v) is 3.46. The van der Waals surface area contributed by atoms with Crippen molar-refractivity contribution in [2.45, 2.75) is 32.5 Å². The number of rotatable bonds is 6. The maximum atomic E-state index is 5.28. The topological polar surface area (TPSA) is 48.9 Å². The highest BCUT2D eigenvalue weighted by Gasteiger charge is 2.20. The first kappa shape index (κ1) is 22.5. The van der Waals surface area contributed by atoms with Gasteiger partial charge in [0, 0.05) is 39.3 Å². The number of hydrogen-bond donors (Lipinski definition) is 2. The highest BCUT2D eigenvalue weighted by Crippen LogP contribution is 2.20. The molecule has 0 radical (unpaired) electrons. The van der Waals surface area contributed by atoms with E-state index in [2.05, 4.69) is 57.8 Å². The predicted molar refractivity (Wildman–Crippen MR) is 127 cm³/mol. The molecule has 0 fully saturated rings. The lowest BCUT2D eigenvalue weighted by molar-refractivity contribution is 0.191. The zero-order valence-electron chi connectivity index (χ0n) is 16.9. The first-order valence-electron chi connectivity index (χ1n) is 9.58. The van der Waals surface area contributed by atoms with Crippen molar-refractivity contribution in [3.63, 3.8) is 0 Å². The molecule has 1 aliphatic rings. The minimum Gasteiger partial charge on any atom is -0.497 e. The number of guanidine groups is 1. The van der Waals surface area contributed by atoms with Crippen LogP contribution in [0.4, 0.5) is 0 Å². The van der Waals surface area contributed by atoms with Gasteiger partial charge in [-0.3, -0.25) is 9.89 Å². The predicted octanol–water partition coefficient (Wildman–Crippen LogP) is 3.43. The SMILES string of the molecule is CN=C(NCc1cccc(OC)c1)NCC(C)N1CCc2ccccc2C1.I. The number of ether oxygens (including phenoxy) is 1. The minimum absolute atomic E-state index is 0. The third-order valence-corrected chi connectivity index (χ3v) is 5.17. The quantitative estimate of drug-likeness (QED) is 0.367. The molecule has 0 aliphatic carbocycles. The summed E-state index contributed by atoms with van der Waals surface area (Å²) >= 11 is 0. The van der Waals surface area contributed by atoms with Crippen molar-refractivity contribution in [3.8, 4) is 5.75 Å². The van der Waals surface area contributed by atoms with E-state index < -0.39 is 0 Å². The van der Waals surface area contributed by atoms with Gasteiger partial charge in [-0.05, 0) is 42.2 Å². The molecule has 1 aliphatic heterocycles. The van der Waals surface area contributed by atoms with E-state index in [0.717, 1.165) is 43.3 Å². The van der Waals surface area contributed by atoms with Crippen LogP contribution in [-0.2, 0) is 19.5 Å². The average molecular weight is 494 g/mol. The molecule has 6 heteroatoms. The molecule has 152 valence electrons. The van der Waals surface area contributed by atoms with Crippen LogP contribution in [0, 0.1) is 0 Å². The first-order valence-corrected chi connectivity index (χ1v) is 9.58. The molecule has 2 aromatic rings. The lowest BCUT2D eigenvalue weighted by atomic mass is 9.99. The Morgan fingerprint density at radius 1 is 1.14 bits per heavy atom. The van der Waals surface area contributed by atoms with Crippen LogP contribution >= 0.6 is 24.0 Å². The summed E-state index contributed by atoms with van der Waals surface area (Å²) in [5.74, 6) is 1.69. The number of hydrogen-bond acceptors (Lipinski definition) is 3. The van der Waals surface area contributed by atoms with Crippen molar-refractivity contribution in [1.29, 1.82) is 0 Å². The van der Waals surface area contributed by atoms with Crippen molar-refractivity contribution in [3.05, 3.63) is 65.2 Å². The van der Waals surface area contributed by atoms with E-state index >= 15 is 0 Å². The molecule has 0 amide bonds. The summed E-state index contributed by atoms with van der Waals surface area (Å²) in [5.41, 5.74) is 4.11. The third-order valence-electron chi connectivity index (χ3n) is 5.17. The second-order valence-electron chi connectivity index (χ2n) is 7.00. The van der Waals surface area contributed by atoms with Gasteiger partial charge in [0.15, 0.2) is 5.96 Å². The van der Waals surface area contributed by atoms with E-state index in [9.17, 15) is 0 Å². The second-order valence-corrected chi connectivity index (χ2v) is 7.00. The van der Waals surface area contributed by atoms with Gasteiger partial charge in [0.2, 0.25) is 0 Å². The summed E-state index contributed by atoms with van der Waals surface area (Å²) in [6.45, 7) is 5.98. The van der Waals surface area contributed by atoms with Crippen LogP contribution in [0.1, 0.15) is 23.6 Å². The zero-order valence-corrected chi connectivity index (χ0v) is 19.3. The van der Waals surface area contributed by atoms with Gasteiger partial charge >= 0.3 is 0 Å². The summed E-state index contributed by atoms with van der Waals surface area (Å²) in [6, 6.07) is 17.3. The smallest absolute Gasteiger partial charge is 0.191 e. The summed E-state index contributed by atoms with van der Waals surface area (Å²) in [6.07, 6.45) is 1.13. The minimum atomic E-state index is 0. The molecule has 1 heterocycles. The molecule has 3 rings (SSSR count). The Hall–Kier alpha value is -1.80. The van der Waals surface area contributed by atoms with Gasteiger partial charge in [-0.15, -0.1) is 24.0 Å². The summed E-state index contributed by atoms with van der Waals surface area (Å²) in [7, 11) is 3.50. The number of halogens is 1. The lowest BCUT2D eigenvalue weighted by Crippen LogP contribution is -2.47. The maximum Gasteiger partial charge on any atom is 0.191 e. The Balaban J connectivity index is 0.00000280. The molecule has 0 spiro atoms. The monoisotopic (exact) mass is 494 g/mol. The molecule has 5 nitrogen and oxygen atoms in total. The first-order chi connectivity index (χ1) is 13.2. The average Bonchev–Trinajstić information content (AvgIpc) is 2.73. The van der Waals surface area contributed by atoms with Gasteiger partial charge < -0.3 is 15.4 Å². The van der Waals surface area contributed by atoms with E-state index in [-0.39, 0.29) is 24.0 Å². The van der Waals surface area contributed by atoms with Crippen LogP contribution in [0.25, 0.3) is 0 Å². The van der Waals surface area contributed by atoms with Gasteiger partial charge in [-0.1, -0.05) is 36.4 Å². The Morgan fingerprint density at radius 2 is 1.93 bits per heavy atom. The largest absolute Gasteiger partial charge is 0.497 e. The number of methoxy groups -OCH3 is 1. The van der Waals surface area contributed by atoms with Crippen molar-refractivity contribution in [1.82, 2.24) is 15.5 Å². The van der Waals surface area contributed by atoms with Crippen molar-refractivity contribution in [2.24, 2.45) is 4.99 Å². The molecule has 2 aromatic carbocycles. The van der Waals surface area contributed by atoms with Crippen LogP contribution in [0.3, 0.4) is 0 Å². The fraction of sp³-hybridized carbons (Fsp3) is 0.409. The highest BCUT2D eigenvalue weighted by atomic mass is 127. The van der Waals surface area contributed by atoms with Crippen molar-refractivity contribution >= 4 is 29.9 Å². The number of fused-ring (bicyclic) bond motifs is 1. The molecule has 28 heavy (non-hydrogen) atoms. The zero-order chi connectivity index (χ0) is 19.1. The molecule has 0 aromatic heterocycles. The second kappa shape index (κ2) is 11.3. The van der Waals surface area contributed by atoms with E-state index in [1.165, 1.54) is 11.1 Å². The molecule has 2 N–H and O–H groups in total. The van der Waals surface area contributed by atoms with E-state index in [1.54, 1.807) is 7.11 Å². The van der Waals surface area contributed by atoms with Gasteiger partial charge in [0.1, 0.15) is 5.75 Å². The molecule has 1 unspecified atom stereocenters. The number of nitrogens with zero attached hydrogens (tertiary/aromatic N) is 2. The Kier molecular flexibility index (Phi) is 9.05. The van der Waals surface area contributed by atoms with Crippen LogP contribution < -0.4 is 15.4 Å². The Labute approximate surface area is 185 Å². The summed E-state index contributed by atoms with van der Waals surface area (Å²) < 4.78 is 5.28. The van der Waals surface area contributed by atoms with Crippen LogP contribution in [-0.4, -0.2) is 44.1 Å². The van der Waals surface area contributed by atoms with Gasteiger partial charge in [-0.25, -0.2) is 0 Å². The molecule has 1 atom stereocenters. The molecule has 0 bridgehead atoms. The fourth-order valence-electron chi connectivity index (χ4n) is 3.46. The number of aliphatic imine (C=N–C) groups is 1. The van der Waals surface area contributed by atoms with Crippen LogP contribution in [0.2, 0.25) is 0 Å². The van der Waals surface area contributed by atoms with Crippen LogP contribution in [0.15, 0.2) is 53.5 Å². The lowest BCUT2D eigenvalue weighted by Gasteiger charge is -2.34. The molecule has 0 saturated carbocycles. The molecule has 0 saturated heterocycles. The Morgan fingerprint density at radius 3 is 2.68 bits per heavy atom. The number of benzene rings is 2. The van der Waals surface area contributed by atoms with Gasteiger partial charge in [0.05, 0.1) is 7.11 Å². The molecular formula is C22H31IN4O. The van der Waals surface area contributed by atoms with E-state index in [4.69, 9.17) is 4.74 Å². The van der Waals surface area contributed by atoms with Crippen molar-refractivity contribution < 1.29 is 4.74 Å². The van der Waals surface area contributed by atoms with Gasteiger partial charge in [0.25, 0.3) is 0 Å². The summed E-state index contributed by atoms with van der Waals surface area (Å²) in [5, 5.41) is 6.83. The highest BCUT2D eigenvalue weighted by molar-refractivity contribution is 14.0. The number of nitrogens with one attached hydrogen (secondary N) is 2. The standard InChI is InChI=1S/C22H30N4O.HI/c1-17(26-12-11-19-8-4-5-9-20(19)16-26)14-24-22(23-2)25-15-18-7-6-10-21(13-18)27-3;/h4-10,13,17H,11-12,14-16H2,1-3H3,(H2,23,24,25);1H. The van der Waals surface area contributed by atoms with E-state index in [0.29, 0.717) is 12.6 Å². The third kappa shape index (κ3) is 6.10.